The molecule has 202 valence electrons. The number of benzene rings is 6. The highest BCUT2D eigenvalue weighted by atomic mass is 31.2. The van der Waals surface area contributed by atoms with Crippen LogP contribution < -0.4 is 15.9 Å². The first-order valence-corrected chi connectivity index (χ1v) is 16.1. The van der Waals surface area contributed by atoms with Gasteiger partial charge in [0.1, 0.15) is 5.65 Å². The molecule has 9 rings (SSSR count). The van der Waals surface area contributed by atoms with Gasteiger partial charge in [0.2, 0.25) is 0 Å². The van der Waals surface area contributed by atoms with E-state index in [2.05, 4.69) is 65.1 Å². The molecule has 0 bridgehead atoms. The van der Waals surface area contributed by atoms with E-state index in [1.54, 1.807) is 6.20 Å². The lowest BCUT2D eigenvalue weighted by atomic mass is 9.99. The number of nitrogens with zero attached hydrogens (tertiary/aromatic N) is 3. The van der Waals surface area contributed by atoms with Crippen LogP contribution in [0.15, 0.2) is 146 Å². The van der Waals surface area contributed by atoms with Gasteiger partial charge in [0.05, 0.1) is 22.1 Å². The van der Waals surface area contributed by atoms with Crippen LogP contribution in [0.3, 0.4) is 0 Å². The van der Waals surface area contributed by atoms with Crippen LogP contribution in [0.25, 0.3) is 60.0 Å². The van der Waals surface area contributed by atoms with E-state index in [0.29, 0.717) is 0 Å². The number of pyridine rings is 2. The molecule has 1 unspecified atom stereocenters. The fourth-order valence-corrected chi connectivity index (χ4v) is 9.54. The zero-order valence-corrected chi connectivity index (χ0v) is 23.9. The maximum absolute atomic E-state index is 15.7. The number of hydrogen-bond acceptors (Lipinski definition) is 3. The molecule has 9 aromatic rings. The Morgan fingerprint density at radius 3 is 2.12 bits per heavy atom. The molecule has 0 spiro atoms. The van der Waals surface area contributed by atoms with Crippen molar-refractivity contribution in [3.05, 3.63) is 146 Å². The van der Waals surface area contributed by atoms with Gasteiger partial charge in [-0.2, -0.15) is 0 Å². The zero-order chi connectivity index (χ0) is 28.5. The molecule has 0 aliphatic heterocycles. The molecule has 1 atom stereocenters. The van der Waals surface area contributed by atoms with Gasteiger partial charge >= 0.3 is 0 Å². The van der Waals surface area contributed by atoms with E-state index in [0.717, 1.165) is 75.9 Å². The molecule has 0 fully saturated rings. The maximum Gasteiger partial charge on any atom is 0.173 e. The molecular weight excluding hydrogens is 545 g/mol. The maximum atomic E-state index is 15.7. The van der Waals surface area contributed by atoms with Gasteiger partial charge in [-0.25, -0.2) is 4.98 Å². The SMILES string of the molecule is O=P(c1ccccc1)(c1cnc2ccccc2c1)c1cccc2c1ccc1c2c2ccccc2n2c3ccccc3nc12. The van der Waals surface area contributed by atoms with Gasteiger partial charge in [-0.3, -0.25) is 9.38 Å². The number of imidazole rings is 1. The highest BCUT2D eigenvalue weighted by Crippen LogP contribution is 2.46. The minimum Gasteiger partial charge on any atom is -0.309 e. The van der Waals surface area contributed by atoms with Gasteiger partial charge < -0.3 is 4.57 Å². The van der Waals surface area contributed by atoms with Crippen LogP contribution in [0.1, 0.15) is 0 Å². The minimum atomic E-state index is -3.32. The fourth-order valence-electron chi connectivity index (χ4n) is 6.72. The van der Waals surface area contributed by atoms with Crippen LogP contribution in [0.2, 0.25) is 0 Å². The van der Waals surface area contributed by atoms with Crippen molar-refractivity contribution in [3.63, 3.8) is 0 Å². The standard InChI is InChI=1S/C38H24N3OP/c42-43(26-12-2-1-3-13-26,27-23-25-11-4-6-16-32(25)39-24-27)36-20-10-15-29-28(36)21-22-31-37(29)30-14-5-8-18-34(30)41-35-19-9-7-17-33(35)40-38(31)41/h1-24H. The summed E-state index contributed by atoms with van der Waals surface area (Å²) < 4.78 is 18.0. The minimum absolute atomic E-state index is 0.727. The first-order valence-electron chi connectivity index (χ1n) is 14.4. The van der Waals surface area contributed by atoms with Crippen LogP contribution in [0, 0.1) is 0 Å². The number of hydrogen-bond donors (Lipinski definition) is 0. The summed E-state index contributed by atoms with van der Waals surface area (Å²) in [4.78, 5) is 9.84. The molecule has 0 radical (unpaired) electrons. The number of para-hydroxylation sites is 4. The van der Waals surface area contributed by atoms with E-state index in [9.17, 15) is 0 Å². The van der Waals surface area contributed by atoms with Gasteiger partial charge in [0.15, 0.2) is 7.14 Å². The molecule has 3 aromatic heterocycles. The Morgan fingerprint density at radius 2 is 1.23 bits per heavy atom. The highest BCUT2D eigenvalue weighted by Gasteiger charge is 2.32. The Balaban J connectivity index is 1.43. The topological polar surface area (TPSA) is 47.3 Å². The number of fused-ring (bicyclic) bond motifs is 11. The Hall–Kier alpha value is -5.31. The third-order valence-corrected chi connectivity index (χ3v) is 11.7. The van der Waals surface area contributed by atoms with Gasteiger partial charge in [-0.1, -0.05) is 103 Å². The Labute approximate surface area is 247 Å². The predicted octanol–water partition coefficient (Wildman–Crippen LogP) is 8.13. The quantitative estimate of drug-likeness (QED) is 0.159. The lowest BCUT2D eigenvalue weighted by molar-refractivity contribution is 0.592. The second-order valence-electron chi connectivity index (χ2n) is 11.0. The highest BCUT2D eigenvalue weighted by molar-refractivity contribution is 7.85. The summed E-state index contributed by atoms with van der Waals surface area (Å²) in [5.41, 5.74) is 4.96. The van der Waals surface area contributed by atoms with Crippen molar-refractivity contribution >= 4 is 83.1 Å². The first-order chi connectivity index (χ1) is 21.2. The van der Waals surface area contributed by atoms with Crippen molar-refractivity contribution < 1.29 is 4.57 Å². The molecule has 0 saturated heterocycles. The lowest BCUT2D eigenvalue weighted by Gasteiger charge is -2.22. The van der Waals surface area contributed by atoms with E-state index in [-0.39, 0.29) is 0 Å². The monoisotopic (exact) mass is 569 g/mol. The van der Waals surface area contributed by atoms with E-state index < -0.39 is 7.14 Å². The molecule has 0 amide bonds. The van der Waals surface area contributed by atoms with Crippen LogP contribution in [-0.2, 0) is 4.57 Å². The van der Waals surface area contributed by atoms with Crippen LogP contribution in [-0.4, -0.2) is 14.4 Å². The molecule has 43 heavy (non-hydrogen) atoms. The fraction of sp³-hybridized carbons (Fsp3) is 0. The van der Waals surface area contributed by atoms with E-state index in [1.807, 2.05) is 78.9 Å². The summed E-state index contributed by atoms with van der Waals surface area (Å²) in [6, 6.07) is 47.2. The molecule has 3 heterocycles. The average molecular weight is 570 g/mol. The van der Waals surface area contributed by atoms with Crippen molar-refractivity contribution in [3.8, 4) is 0 Å². The summed E-state index contributed by atoms with van der Waals surface area (Å²) in [5.74, 6) is 0. The van der Waals surface area contributed by atoms with Crippen molar-refractivity contribution in [2.24, 2.45) is 0 Å². The third-order valence-electron chi connectivity index (χ3n) is 8.65. The molecule has 0 saturated carbocycles. The third kappa shape index (κ3) is 3.42. The molecule has 0 aliphatic rings. The second-order valence-corrected chi connectivity index (χ2v) is 13.7. The lowest BCUT2D eigenvalue weighted by Crippen LogP contribution is -2.26. The Morgan fingerprint density at radius 1 is 0.535 bits per heavy atom. The molecule has 6 aromatic carbocycles. The van der Waals surface area contributed by atoms with Gasteiger partial charge in [0.25, 0.3) is 0 Å². The van der Waals surface area contributed by atoms with Gasteiger partial charge in [-0.05, 0) is 47.2 Å². The van der Waals surface area contributed by atoms with Crippen molar-refractivity contribution in [1.82, 2.24) is 14.4 Å². The molecule has 0 aliphatic carbocycles. The molecular formula is C38H24N3OP. The number of aromatic nitrogens is 3. The normalized spacial score (nSPS) is 13.4. The average Bonchev–Trinajstić information content (AvgIpc) is 3.48. The zero-order valence-electron chi connectivity index (χ0n) is 23.1. The van der Waals surface area contributed by atoms with E-state index in [1.165, 1.54) is 0 Å². The molecule has 4 nitrogen and oxygen atoms in total. The largest absolute Gasteiger partial charge is 0.309 e. The smallest absolute Gasteiger partial charge is 0.173 e. The summed E-state index contributed by atoms with van der Waals surface area (Å²) in [6.45, 7) is 0. The Bertz CT molecular complexity index is 2610. The van der Waals surface area contributed by atoms with Crippen LogP contribution in [0.5, 0.6) is 0 Å². The Kier molecular flexibility index (Phi) is 5.14. The van der Waals surface area contributed by atoms with Crippen LogP contribution >= 0.6 is 7.14 Å². The van der Waals surface area contributed by atoms with Crippen molar-refractivity contribution in [2.45, 2.75) is 0 Å². The van der Waals surface area contributed by atoms with Crippen LogP contribution in [0.4, 0.5) is 0 Å². The van der Waals surface area contributed by atoms with Gasteiger partial charge in [0, 0.05) is 43.7 Å². The van der Waals surface area contributed by atoms with Crippen molar-refractivity contribution in [2.75, 3.05) is 0 Å². The van der Waals surface area contributed by atoms with E-state index >= 15 is 4.57 Å². The first kappa shape index (κ1) is 24.3. The summed E-state index contributed by atoms with van der Waals surface area (Å²) >= 11 is 0. The predicted molar refractivity (Wildman–Crippen MR) is 180 cm³/mol. The van der Waals surface area contributed by atoms with Crippen molar-refractivity contribution in [1.29, 1.82) is 0 Å². The van der Waals surface area contributed by atoms with E-state index in [4.69, 9.17) is 9.97 Å². The second kappa shape index (κ2) is 9.09. The summed E-state index contributed by atoms with van der Waals surface area (Å²) in [5, 5.41) is 8.67. The van der Waals surface area contributed by atoms with Gasteiger partial charge in [-0.15, -0.1) is 0 Å². The summed E-state index contributed by atoms with van der Waals surface area (Å²) in [7, 11) is -3.32. The molecule has 5 heteroatoms. The molecule has 0 N–H and O–H groups in total. The number of rotatable bonds is 3. The summed E-state index contributed by atoms with van der Waals surface area (Å²) in [6.07, 6.45) is 1.80.